The molecule has 1 heterocycles. The minimum absolute atomic E-state index is 0.376. The van der Waals surface area contributed by atoms with E-state index in [2.05, 4.69) is 140 Å². The quantitative estimate of drug-likeness (QED) is 0.187. The lowest BCUT2D eigenvalue weighted by molar-refractivity contribution is 0.668. The first-order chi connectivity index (χ1) is 22.3. The number of hydrogen-bond acceptors (Lipinski definition) is 1. The maximum Gasteiger partial charge on any atom is 0.135 e. The number of fused-ring (bicyclic) bond motifs is 9. The molecule has 45 heavy (non-hydrogen) atoms. The molecule has 0 fully saturated rings. The summed E-state index contributed by atoms with van der Waals surface area (Å²) in [4.78, 5) is 0. The zero-order valence-electron chi connectivity index (χ0n) is 24.9. The summed E-state index contributed by atoms with van der Waals surface area (Å²) in [5.41, 5.74) is 14.1. The first-order valence-corrected chi connectivity index (χ1v) is 16.1. The Bertz CT molecular complexity index is 2450. The fourth-order valence-electron chi connectivity index (χ4n) is 8.17. The molecule has 0 saturated carbocycles. The number of allylic oxidation sites excluding steroid dienone is 6. The molecular formula is C44H30O. The summed E-state index contributed by atoms with van der Waals surface area (Å²) in [6.45, 7) is 0. The van der Waals surface area contributed by atoms with E-state index in [1.165, 1.54) is 82.4 Å². The predicted molar refractivity (Wildman–Crippen MR) is 190 cm³/mol. The van der Waals surface area contributed by atoms with Crippen molar-refractivity contribution < 1.29 is 4.42 Å². The second-order valence-corrected chi connectivity index (χ2v) is 12.7. The molecule has 7 aromatic rings. The minimum Gasteiger partial charge on any atom is -0.456 e. The van der Waals surface area contributed by atoms with Crippen LogP contribution in [0.3, 0.4) is 0 Å². The molecule has 3 aliphatic carbocycles. The Balaban J connectivity index is 1.20. The van der Waals surface area contributed by atoms with E-state index in [1.54, 1.807) is 0 Å². The second kappa shape index (κ2) is 9.55. The zero-order valence-corrected chi connectivity index (χ0v) is 24.9. The van der Waals surface area contributed by atoms with Gasteiger partial charge < -0.3 is 4.42 Å². The van der Waals surface area contributed by atoms with Gasteiger partial charge in [-0.15, -0.1) is 0 Å². The minimum atomic E-state index is 0.376. The highest BCUT2D eigenvalue weighted by Crippen LogP contribution is 2.48. The van der Waals surface area contributed by atoms with Crippen molar-refractivity contribution in [3.05, 3.63) is 161 Å². The van der Waals surface area contributed by atoms with E-state index in [9.17, 15) is 0 Å². The lowest BCUT2D eigenvalue weighted by atomic mass is 9.74. The lowest BCUT2D eigenvalue weighted by Gasteiger charge is -2.29. The summed E-state index contributed by atoms with van der Waals surface area (Å²) in [6.07, 6.45) is 17.0. The summed E-state index contributed by atoms with van der Waals surface area (Å²) < 4.78 is 6.41. The summed E-state index contributed by atoms with van der Waals surface area (Å²) >= 11 is 0. The first-order valence-electron chi connectivity index (χ1n) is 16.1. The van der Waals surface area contributed by atoms with Crippen LogP contribution in [0.2, 0.25) is 0 Å². The van der Waals surface area contributed by atoms with E-state index >= 15 is 0 Å². The van der Waals surface area contributed by atoms with E-state index in [0.717, 1.165) is 30.4 Å². The van der Waals surface area contributed by atoms with Crippen molar-refractivity contribution >= 4 is 61.2 Å². The van der Waals surface area contributed by atoms with Gasteiger partial charge in [-0.05, 0) is 115 Å². The van der Waals surface area contributed by atoms with Gasteiger partial charge in [0.1, 0.15) is 11.2 Å². The van der Waals surface area contributed by atoms with Crippen molar-refractivity contribution in [3.63, 3.8) is 0 Å². The highest BCUT2D eigenvalue weighted by Gasteiger charge is 2.27. The van der Waals surface area contributed by atoms with Crippen LogP contribution in [0.4, 0.5) is 0 Å². The summed E-state index contributed by atoms with van der Waals surface area (Å²) in [5.74, 6) is 0.376. The average molecular weight is 575 g/mol. The van der Waals surface area contributed by atoms with Crippen LogP contribution in [-0.2, 0) is 6.42 Å². The number of hydrogen-bond donors (Lipinski definition) is 0. The third-order valence-electron chi connectivity index (χ3n) is 10.3. The monoisotopic (exact) mass is 574 g/mol. The molecule has 1 unspecified atom stereocenters. The van der Waals surface area contributed by atoms with Gasteiger partial charge in [-0.2, -0.15) is 0 Å². The van der Waals surface area contributed by atoms with Crippen molar-refractivity contribution in [2.45, 2.75) is 25.2 Å². The molecule has 0 amide bonds. The Morgan fingerprint density at radius 1 is 0.556 bits per heavy atom. The third kappa shape index (κ3) is 3.74. The molecule has 6 aromatic carbocycles. The van der Waals surface area contributed by atoms with Crippen LogP contribution in [0.15, 0.2) is 137 Å². The SMILES string of the molecule is C1=Cc2cc3c(cc2CC1)oc1ccc(-c2c4ccccc4c(C4=CC=C5C=Cc6ccccc6C5C4)c4ccccc24)cc13. The van der Waals surface area contributed by atoms with E-state index in [4.69, 9.17) is 4.42 Å². The number of benzene rings is 6. The van der Waals surface area contributed by atoms with Gasteiger partial charge in [0.15, 0.2) is 0 Å². The predicted octanol–water partition coefficient (Wildman–Crippen LogP) is 12.0. The molecule has 1 aromatic heterocycles. The highest BCUT2D eigenvalue weighted by atomic mass is 16.3. The molecule has 10 rings (SSSR count). The number of aryl methyl sites for hydroxylation is 1. The molecule has 1 heteroatoms. The summed E-state index contributed by atoms with van der Waals surface area (Å²) in [7, 11) is 0. The molecule has 0 saturated heterocycles. The largest absolute Gasteiger partial charge is 0.456 e. The summed E-state index contributed by atoms with van der Waals surface area (Å²) in [6, 6.07) is 38.2. The Morgan fingerprint density at radius 3 is 2.11 bits per heavy atom. The molecule has 0 aliphatic heterocycles. The van der Waals surface area contributed by atoms with Crippen LogP contribution in [-0.4, -0.2) is 0 Å². The fourth-order valence-corrected chi connectivity index (χ4v) is 8.17. The second-order valence-electron chi connectivity index (χ2n) is 12.7. The van der Waals surface area contributed by atoms with E-state index < -0.39 is 0 Å². The molecule has 212 valence electrons. The van der Waals surface area contributed by atoms with Gasteiger partial charge in [-0.1, -0.05) is 115 Å². The highest BCUT2D eigenvalue weighted by molar-refractivity contribution is 6.20. The van der Waals surface area contributed by atoms with Crippen molar-refractivity contribution in [2.75, 3.05) is 0 Å². The number of furan rings is 1. The molecule has 1 nitrogen and oxygen atoms in total. The van der Waals surface area contributed by atoms with E-state index in [-0.39, 0.29) is 0 Å². The van der Waals surface area contributed by atoms with Crippen LogP contribution in [0, 0.1) is 0 Å². The van der Waals surface area contributed by atoms with Crippen LogP contribution in [0.5, 0.6) is 0 Å². The average Bonchev–Trinajstić information content (AvgIpc) is 3.45. The normalized spacial score (nSPS) is 16.9. The molecule has 0 bridgehead atoms. The Labute approximate surface area is 262 Å². The molecule has 3 aliphatic rings. The van der Waals surface area contributed by atoms with Gasteiger partial charge >= 0.3 is 0 Å². The Morgan fingerprint density at radius 2 is 1.29 bits per heavy atom. The smallest absolute Gasteiger partial charge is 0.135 e. The maximum atomic E-state index is 6.41. The van der Waals surface area contributed by atoms with Crippen LogP contribution >= 0.6 is 0 Å². The van der Waals surface area contributed by atoms with E-state index in [1.807, 2.05) is 0 Å². The van der Waals surface area contributed by atoms with Crippen molar-refractivity contribution in [3.8, 4) is 11.1 Å². The van der Waals surface area contributed by atoms with Crippen LogP contribution < -0.4 is 0 Å². The Kier molecular flexibility index (Phi) is 5.30. The van der Waals surface area contributed by atoms with Crippen molar-refractivity contribution in [2.24, 2.45) is 0 Å². The third-order valence-corrected chi connectivity index (χ3v) is 10.3. The van der Waals surface area contributed by atoms with Crippen molar-refractivity contribution in [1.82, 2.24) is 0 Å². The fraction of sp³-hybridized carbons (Fsp3) is 0.0909. The molecular weight excluding hydrogens is 544 g/mol. The molecule has 0 spiro atoms. The van der Waals surface area contributed by atoms with E-state index in [0.29, 0.717) is 5.92 Å². The van der Waals surface area contributed by atoms with Crippen LogP contribution in [0.1, 0.15) is 46.6 Å². The van der Waals surface area contributed by atoms with Gasteiger partial charge in [0.25, 0.3) is 0 Å². The van der Waals surface area contributed by atoms with Gasteiger partial charge in [0.2, 0.25) is 0 Å². The summed E-state index contributed by atoms with van der Waals surface area (Å²) in [5, 5.41) is 7.57. The topological polar surface area (TPSA) is 13.1 Å². The van der Waals surface area contributed by atoms with Crippen LogP contribution in [0.25, 0.3) is 72.3 Å². The first kappa shape index (κ1) is 25.0. The lowest BCUT2D eigenvalue weighted by Crippen LogP contribution is -2.11. The van der Waals surface area contributed by atoms with Gasteiger partial charge in [0, 0.05) is 16.7 Å². The standard InChI is InChI=1S/C44H30O/c1-2-11-30-26-42-40(23-29(30)10-1)39-25-32(21-22-41(39)45-42)44-36-15-7-5-13-34(36)43(35-14-6-8-16-37(35)44)31-20-19-28-18-17-27-9-3-4-12-33(27)38(28)24-31/h1,3-10,12-23,25-26,38H,2,11,24H2. The Hall–Kier alpha value is -5.40. The molecule has 0 radical (unpaired) electrons. The number of rotatable bonds is 2. The van der Waals surface area contributed by atoms with Crippen molar-refractivity contribution in [1.29, 1.82) is 0 Å². The molecule has 1 atom stereocenters. The zero-order chi connectivity index (χ0) is 29.5. The maximum absolute atomic E-state index is 6.41. The molecule has 0 N–H and O–H groups in total. The van der Waals surface area contributed by atoms with Gasteiger partial charge in [-0.3, -0.25) is 0 Å². The van der Waals surface area contributed by atoms with Gasteiger partial charge in [0.05, 0.1) is 0 Å². The van der Waals surface area contributed by atoms with Gasteiger partial charge in [-0.25, -0.2) is 0 Å².